The van der Waals surface area contributed by atoms with Gasteiger partial charge in [-0.3, -0.25) is 9.79 Å². The van der Waals surface area contributed by atoms with Gasteiger partial charge in [0.2, 0.25) is 0 Å². The van der Waals surface area contributed by atoms with Crippen LogP contribution in [-0.2, 0) is 4.79 Å². The van der Waals surface area contributed by atoms with Crippen molar-refractivity contribution in [3.05, 3.63) is 23.8 Å². The Morgan fingerprint density at radius 3 is 2.45 bits per heavy atom. The predicted octanol–water partition coefficient (Wildman–Crippen LogP) is 1.78. The molecule has 0 bridgehead atoms. The Hall–Kier alpha value is -1.18. The van der Waals surface area contributed by atoms with Crippen LogP contribution >= 0.6 is 0 Å². The van der Waals surface area contributed by atoms with Gasteiger partial charge in [0.15, 0.2) is 5.78 Å². The second-order valence-corrected chi connectivity index (χ2v) is 2.07. The van der Waals surface area contributed by atoms with E-state index in [4.69, 9.17) is 0 Å². The van der Waals surface area contributed by atoms with Gasteiger partial charge in [0.25, 0.3) is 0 Å². The van der Waals surface area contributed by atoms with E-state index in [9.17, 15) is 4.79 Å². The number of hydrogen-bond acceptors (Lipinski definition) is 2. The van der Waals surface area contributed by atoms with Crippen LogP contribution in [0.4, 0.5) is 0 Å². The molecule has 0 unspecified atom stereocenters. The topological polar surface area (TPSA) is 29.4 Å². The molecule has 0 aromatic heterocycles. The van der Waals surface area contributed by atoms with E-state index < -0.39 is 0 Å². The molecule has 0 radical (unpaired) electrons. The molecule has 0 aliphatic carbocycles. The molecule has 0 aliphatic heterocycles. The molecule has 2 heteroatoms. The quantitative estimate of drug-likeness (QED) is 0.343. The van der Waals surface area contributed by atoms with Gasteiger partial charge in [0.05, 0.1) is 0 Å². The largest absolute Gasteiger partial charge is 0.297 e. The standard InChI is InChI=1S/C9H13NO/c1-4-9(8(2)11)6-5-7-10-3/h4-7H,1-3H3/b6-5-,9-4+,10-7?. The van der Waals surface area contributed by atoms with Crippen molar-refractivity contribution in [3.8, 4) is 0 Å². The fourth-order valence-corrected chi connectivity index (χ4v) is 0.650. The molecule has 0 aromatic rings. The number of ketones is 1. The van der Waals surface area contributed by atoms with Crippen LogP contribution in [0.25, 0.3) is 0 Å². The Labute approximate surface area is 67.3 Å². The molecule has 0 amide bonds. The summed E-state index contributed by atoms with van der Waals surface area (Å²) >= 11 is 0. The van der Waals surface area contributed by atoms with Crippen molar-refractivity contribution in [2.45, 2.75) is 13.8 Å². The lowest BCUT2D eigenvalue weighted by molar-refractivity contribution is -0.113. The number of rotatable bonds is 3. The van der Waals surface area contributed by atoms with Crippen molar-refractivity contribution in [1.29, 1.82) is 0 Å². The van der Waals surface area contributed by atoms with Crippen LogP contribution < -0.4 is 0 Å². The van der Waals surface area contributed by atoms with Crippen molar-refractivity contribution in [3.63, 3.8) is 0 Å². The summed E-state index contributed by atoms with van der Waals surface area (Å²) in [5.74, 6) is 0.0771. The first-order chi connectivity index (χ1) is 5.22. The molecule has 0 saturated carbocycles. The second-order valence-electron chi connectivity index (χ2n) is 2.07. The van der Waals surface area contributed by atoms with Crippen LogP contribution in [0.5, 0.6) is 0 Å². The monoisotopic (exact) mass is 151 g/mol. The van der Waals surface area contributed by atoms with Gasteiger partial charge in [-0.2, -0.15) is 0 Å². The normalized spacial score (nSPS) is 13.2. The van der Waals surface area contributed by atoms with E-state index in [1.807, 2.05) is 6.92 Å². The minimum Gasteiger partial charge on any atom is -0.297 e. The first kappa shape index (κ1) is 9.82. The predicted molar refractivity (Wildman–Crippen MR) is 48.0 cm³/mol. The molecule has 0 N–H and O–H groups in total. The zero-order valence-corrected chi connectivity index (χ0v) is 7.16. The van der Waals surface area contributed by atoms with E-state index in [0.29, 0.717) is 5.57 Å². The summed E-state index contributed by atoms with van der Waals surface area (Å²) in [6.45, 7) is 3.38. The number of Topliss-reactive ketones (excluding diaryl/α,β-unsaturated/α-hetero) is 1. The highest BCUT2D eigenvalue weighted by atomic mass is 16.1. The zero-order chi connectivity index (χ0) is 8.69. The third-order valence-electron chi connectivity index (χ3n) is 1.23. The highest BCUT2D eigenvalue weighted by Gasteiger charge is 1.94. The Bertz CT molecular complexity index is 212. The van der Waals surface area contributed by atoms with Crippen LogP contribution in [0, 0.1) is 0 Å². The molecule has 0 fully saturated rings. The van der Waals surface area contributed by atoms with E-state index in [1.165, 1.54) is 0 Å². The molecule has 0 rings (SSSR count). The maximum absolute atomic E-state index is 10.8. The smallest absolute Gasteiger partial charge is 0.159 e. The number of carbonyl (C=O) groups is 1. The van der Waals surface area contributed by atoms with E-state index in [2.05, 4.69) is 4.99 Å². The van der Waals surface area contributed by atoms with Gasteiger partial charge in [-0.1, -0.05) is 12.2 Å². The molecule has 60 valence electrons. The lowest BCUT2D eigenvalue weighted by atomic mass is 10.1. The third-order valence-corrected chi connectivity index (χ3v) is 1.23. The summed E-state index contributed by atoms with van der Waals surface area (Å²) < 4.78 is 0. The molecule has 2 nitrogen and oxygen atoms in total. The SMILES string of the molecule is C/C=C(\C=C/C=NC)C(C)=O. The van der Waals surface area contributed by atoms with Gasteiger partial charge in [-0.05, 0) is 19.9 Å². The van der Waals surface area contributed by atoms with E-state index in [1.54, 1.807) is 38.4 Å². The minimum absolute atomic E-state index is 0.0771. The lowest BCUT2D eigenvalue weighted by Crippen LogP contribution is -1.91. The van der Waals surface area contributed by atoms with Crippen molar-refractivity contribution < 1.29 is 4.79 Å². The van der Waals surface area contributed by atoms with Gasteiger partial charge in [-0.25, -0.2) is 0 Å². The molecule has 11 heavy (non-hydrogen) atoms. The maximum atomic E-state index is 10.8. The molecule has 0 heterocycles. The van der Waals surface area contributed by atoms with Gasteiger partial charge >= 0.3 is 0 Å². The van der Waals surface area contributed by atoms with Crippen LogP contribution in [-0.4, -0.2) is 19.0 Å². The van der Waals surface area contributed by atoms with E-state index >= 15 is 0 Å². The fourth-order valence-electron chi connectivity index (χ4n) is 0.650. The molecular weight excluding hydrogens is 138 g/mol. The number of nitrogens with zero attached hydrogens (tertiary/aromatic N) is 1. The number of aliphatic imine (C=N–C) groups is 1. The summed E-state index contributed by atoms with van der Waals surface area (Å²) in [4.78, 5) is 14.6. The third kappa shape index (κ3) is 4.25. The lowest BCUT2D eigenvalue weighted by Gasteiger charge is -1.90. The Balaban J connectivity index is 4.22. The van der Waals surface area contributed by atoms with Gasteiger partial charge in [0, 0.05) is 18.8 Å². The van der Waals surface area contributed by atoms with Crippen LogP contribution in [0.15, 0.2) is 28.8 Å². The second kappa shape index (κ2) is 5.59. The Kier molecular flexibility index (Phi) is 4.99. The molecule has 0 aliphatic rings. The van der Waals surface area contributed by atoms with Crippen molar-refractivity contribution in [1.82, 2.24) is 0 Å². The first-order valence-electron chi connectivity index (χ1n) is 3.48. The summed E-state index contributed by atoms with van der Waals surface area (Å²) in [5.41, 5.74) is 0.713. The highest BCUT2D eigenvalue weighted by molar-refractivity contribution is 5.96. The van der Waals surface area contributed by atoms with Gasteiger partial charge in [0.1, 0.15) is 0 Å². The summed E-state index contributed by atoms with van der Waals surface area (Å²) in [7, 11) is 1.69. The maximum Gasteiger partial charge on any atom is 0.159 e. The zero-order valence-electron chi connectivity index (χ0n) is 7.16. The fraction of sp³-hybridized carbons (Fsp3) is 0.333. The minimum atomic E-state index is 0.0771. The molecular formula is C9H13NO. The molecule has 0 saturated heterocycles. The van der Waals surface area contributed by atoms with Crippen LogP contribution in [0.2, 0.25) is 0 Å². The van der Waals surface area contributed by atoms with Crippen molar-refractivity contribution in [2.24, 2.45) is 4.99 Å². The molecule has 0 spiro atoms. The summed E-state index contributed by atoms with van der Waals surface area (Å²) in [6.07, 6.45) is 6.92. The number of allylic oxidation sites excluding steroid dienone is 4. The first-order valence-corrected chi connectivity index (χ1v) is 3.48. The molecule has 0 atom stereocenters. The van der Waals surface area contributed by atoms with Crippen LogP contribution in [0.1, 0.15) is 13.8 Å². The summed E-state index contributed by atoms with van der Waals surface area (Å²) in [5, 5.41) is 0. The van der Waals surface area contributed by atoms with Crippen LogP contribution in [0.3, 0.4) is 0 Å². The Morgan fingerprint density at radius 2 is 2.09 bits per heavy atom. The highest BCUT2D eigenvalue weighted by Crippen LogP contribution is 1.96. The van der Waals surface area contributed by atoms with Gasteiger partial charge in [-0.15, -0.1) is 0 Å². The average molecular weight is 151 g/mol. The molecule has 0 aromatic carbocycles. The number of hydrogen-bond donors (Lipinski definition) is 0. The average Bonchev–Trinajstić information content (AvgIpc) is 1.97. The van der Waals surface area contributed by atoms with Crippen molar-refractivity contribution in [2.75, 3.05) is 7.05 Å². The van der Waals surface area contributed by atoms with Gasteiger partial charge < -0.3 is 0 Å². The summed E-state index contributed by atoms with van der Waals surface area (Å²) in [6, 6.07) is 0. The van der Waals surface area contributed by atoms with Crippen molar-refractivity contribution >= 4 is 12.0 Å². The Morgan fingerprint density at radius 1 is 1.45 bits per heavy atom. The van der Waals surface area contributed by atoms with E-state index in [0.717, 1.165) is 0 Å². The number of carbonyl (C=O) groups excluding carboxylic acids is 1. The van der Waals surface area contributed by atoms with E-state index in [-0.39, 0.29) is 5.78 Å².